The van der Waals surface area contributed by atoms with Gasteiger partial charge in [-0.05, 0) is 39.0 Å². The summed E-state index contributed by atoms with van der Waals surface area (Å²) < 4.78 is 0. The van der Waals surface area contributed by atoms with E-state index in [1.165, 1.54) is 66.1 Å². The maximum absolute atomic E-state index is 2.35. The van der Waals surface area contributed by atoms with E-state index in [4.69, 9.17) is 0 Å². The van der Waals surface area contributed by atoms with Crippen molar-refractivity contribution in [3.8, 4) is 22.3 Å². The molecule has 0 nitrogen and oxygen atoms in total. The molecule has 0 unspecified atom stereocenters. The van der Waals surface area contributed by atoms with Crippen molar-refractivity contribution in [2.75, 3.05) is 0 Å². The van der Waals surface area contributed by atoms with Crippen LogP contribution in [-0.4, -0.2) is 9.52 Å². The van der Waals surface area contributed by atoms with E-state index < -0.39 is 0 Å². The van der Waals surface area contributed by atoms with Crippen LogP contribution < -0.4 is 0 Å². The maximum Gasteiger partial charge on any atom is 0.0307 e. The molecule has 48 heavy (non-hydrogen) atoms. The van der Waals surface area contributed by atoms with Gasteiger partial charge in [0.2, 0.25) is 0 Å². The first-order valence-electron chi connectivity index (χ1n) is 16.4. The molecule has 2 radical (unpaired) electrons. The van der Waals surface area contributed by atoms with Crippen LogP contribution in [0.25, 0.3) is 43.8 Å². The Bertz CT molecular complexity index is 1830. The van der Waals surface area contributed by atoms with Crippen LogP contribution >= 0.6 is 24.8 Å². The van der Waals surface area contributed by atoms with Crippen LogP contribution in [0.3, 0.4) is 0 Å². The fourth-order valence-corrected chi connectivity index (χ4v) is 5.78. The molecule has 254 valence electrons. The van der Waals surface area contributed by atoms with Crippen molar-refractivity contribution in [2.24, 2.45) is 0 Å². The number of fused-ring (bicyclic) bond motifs is 2. The van der Waals surface area contributed by atoms with Crippen molar-refractivity contribution in [1.82, 2.24) is 0 Å². The molecule has 0 aliphatic carbocycles. The number of rotatable bonds is 3. The molecular weight excluding hydrogens is 806 g/mol. The molecule has 0 saturated heterocycles. The molecule has 0 spiro atoms. The third-order valence-electron chi connectivity index (χ3n) is 8.46. The second kappa shape index (κ2) is 18.7. The first-order valence-corrected chi connectivity index (χ1v) is 18.4. The van der Waals surface area contributed by atoms with Gasteiger partial charge in [-0.15, -0.1) is 93.9 Å². The maximum atomic E-state index is 2.35. The Balaban J connectivity index is 0.000000421. The monoisotopic (exact) mass is 860 g/mol. The molecule has 0 aromatic heterocycles. The van der Waals surface area contributed by atoms with Gasteiger partial charge in [0.15, 0.2) is 0 Å². The van der Waals surface area contributed by atoms with Gasteiger partial charge < -0.3 is 0 Å². The Morgan fingerprint density at radius 3 is 1.31 bits per heavy atom. The van der Waals surface area contributed by atoms with Crippen LogP contribution in [0.2, 0.25) is 13.1 Å². The van der Waals surface area contributed by atoms with E-state index in [0.717, 1.165) is 9.52 Å². The minimum atomic E-state index is 0. The summed E-state index contributed by atoms with van der Waals surface area (Å²) in [4.78, 5) is 0. The molecule has 0 bridgehead atoms. The fraction of sp³-hybridized carbons (Fsp3) is 0.318. The van der Waals surface area contributed by atoms with Crippen LogP contribution in [-0.2, 0) is 36.7 Å². The average Bonchev–Trinajstić information content (AvgIpc) is 3.60. The van der Waals surface area contributed by atoms with Crippen LogP contribution in [0.4, 0.5) is 0 Å². The minimum Gasteiger partial charge on any atom is -0.165 e. The topological polar surface area (TPSA) is 0 Å². The van der Waals surface area contributed by atoms with E-state index in [1.54, 1.807) is 0 Å². The quantitative estimate of drug-likeness (QED) is 0.123. The van der Waals surface area contributed by atoms with Crippen molar-refractivity contribution in [3.63, 3.8) is 0 Å². The number of benzene rings is 4. The summed E-state index contributed by atoms with van der Waals surface area (Å²) >= 11 is 0. The van der Waals surface area contributed by atoms with E-state index in [0.29, 0.717) is 5.92 Å². The summed E-state index contributed by atoms with van der Waals surface area (Å²) in [6.07, 6.45) is 0. The number of aryl methyl sites for hydroxylation is 1. The summed E-state index contributed by atoms with van der Waals surface area (Å²) in [5.74, 6) is 0.573. The van der Waals surface area contributed by atoms with Gasteiger partial charge in [-0.3, -0.25) is 0 Å². The summed E-state index contributed by atoms with van der Waals surface area (Å²) in [5.41, 5.74) is 11.2. The van der Waals surface area contributed by atoms with Gasteiger partial charge >= 0.3 is 0 Å². The van der Waals surface area contributed by atoms with Gasteiger partial charge in [-0.2, -0.15) is 12.1 Å². The predicted molar refractivity (Wildman–Crippen MR) is 218 cm³/mol. The molecule has 4 heteroatoms. The minimum absolute atomic E-state index is 0. The number of hydrogen-bond acceptors (Lipinski definition) is 0. The largest absolute Gasteiger partial charge is 0.165 e. The van der Waals surface area contributed by atoms with Crippen LogP contribution in [0.5, 0.6) is 0 Å². The number of halogens is 2. The second-order valence-electron chi connectivity index (χ2n) is 14.7. The normalized spacial score (nSPS) is 11.0. The average molecular weight is 860 g/mol. The zero-order valence-corrected chi connectivity index (χ0v) is 37.0. The van der Waals surface area contributed by atoms with Gasteiger partial charge in [0.05, 0.1) is 0 Å². The number of hydrogen-bond donors (Lipinski definition) is 0. The van der Waals surface area contributed by atoms with Gasteiger partial charge in [-0.25, -0.2) is 0 Å². The molecule has 0 heterocycles. The molecule has 6 rings (SSSR count). The molecule has 0 aliphatic rings. The molecular formula is C44H54Cl2HfSi-2. The van der Waals surface area contributed by atoms with Gasteiger partial charge in [0.1, 0.15) is 0 Å². The van der Waals surface area contributed by atoms with Gasteiger partial charge in [0, 0.05) is 35.4 Å². The van der Waals surface area contributed by atoms with E-state index >= 15 is 0 Å². The van der Waals surface area contributed by atoms with Crippen molar-refractivity contribution in [1.29, 1.82) is 0 Å². The molecule has 0 amide bonds. The Hall–Kier alpha value is -2.23. The molecule has 6 aromatic carbocycles. The molecule has 0 N–H and O–H groups in total. The molecule has 0 saturated carbocycles. The summed E-state index contributed by atoms with van der Waals surface area (Å²) in [6, 6.07) is 40.4. The van der Waals surface area contributed by atoms with Gasteiger partial charge in [-0.1, -0.05) is 147 Å². The van der Waals surface area contributed by atoms with Crippen molar-refractivity contribution >= 4 is 55.9 Å². The van der Waals surface area contributed by atoms with Crippen molar-refractivity contribution < 1.29 is 25.8 Å². The van der Waals surface area contributed by atoms with Crippen LogP contribution in [0.1, 0.15) is 83.6 Å². The van der Waals surface area contributed by atoms with E-state index in [1.807, 2.05) is 0 Å². The fourth-order valence-electron chi connectivity index (χ4n) is 5.78. The Morgan fingerprint density at radius 1 is 0.562 bits per heavy atom. The van der Waals surface area contributed by atoms with E-state index in [-0.39, 0.29) is 61.5 Å². The van der Waals surface area contributed by atoms with Gasteiger partial charge in [0.25, 0.3) is 0 Å². The first-order chi connectivity index (χ1) is 21.2. The summed E-state index contributed by atoms with van der Waals surface area (Å²) in [5, 5.41) is 5.41. The third kappa shape index (κ3) is 10.9. The zero-order chi connectivity index (χ0) is 32.9. The summed E-state index contributed by atoms with van der Waals surface area (Å²) in [6.45, 7) is 24.5. The van der Waals surface area contributed by atoms with E-state index in [2.05, 4.69) is 185 Å². The standard InChI is InChI=1S/C22H25.C20H21.C2H6Si.2ClH.Hf/c1-15(2)18-13-17-7-6-8-20(21(17)14-18)16-9-11-19(12-10-16)22(3,4)5;1-14-12-16-6-5-7-18(19(16)13-14)15-8-10-17(11-9-15)20(2,3)4;1-3-2;;;/h6-15H,1-5H3;5-13H,1-4H3;1-2H3;2*1H;/q2*-1;;;;. The summed E-state index contributed by atoms with van der Waals surface area (Å²) in [7, 11) is 1.08. The molecule has 0 atom stereocenters. The van der Waals surface area contributed by atoms with E-state index in [9.17, 15) is 0 Å². The first kappa shape index (κ1) is 43.8. The zero-order valence-electron chi connectivity index (χ0n) is 30.8. The SMILES string of the molecule is CC(C)c1cc2c(-c3ccc(C(C)(C)C)cc3)cccc2[cH-]1.C[Si]C.Cc1cc2c(-c3ccc(C(C)(C)C)cc3)cccc2[cH-]1.Cl.Cl.[Hf]. The van der Waals surface area contributed by atoms with Crippen molar-refractivity contribution in [3.05, 3.63) is 131 Å². The third-order valence-corrected chi connectivity index (χ3v) is 8.46. The molecule has 6 aromatic rings. The van der Waals surface area contributed by atoms with Crippen molar-refractivity contribution in [2.45, 2.75) is 92.2 Å². The molecule has 0 fully saturated rings. The predicted octanol–water partition coefficient (Wildman–Crippen LogP) is 14.1. The Kier molecular flexibility index (Phi) is 17.0. The van der Waals surface area contributed by atoms with Crippen LogP contribution in [0, 0.1) is 6.92 Å². The smallest absolute Gasteiger partial charge is 0.0307 e. The second-order valence-corrected chi connectivity index (χ2v) is 15.7. The van der Waals surface area contributed by atoms with Crippen LogP contribution in [0.15, 0.2) is 109 Å². The molecule has 0 aliphatic heterocycles. The Labute approximate surface area is 325 Å². The Morgan fingerprint density at radius 2 is 0.938 bits per heavy atom.